The molecular weight excluding hydrogens is 348 g/mol. The molecule has 0 unspecified atom stereocenters. The van der Waals surface area contributed by atoms with Crippen LogP contribution >= 0.6 is 11.8 Å². The van der Waals surface area contributed by atoms with Gasteiger partial charge in [0, 0.05) is 17.5 Å². The van der Waals surface area contributed by atoms with Gasteiger partial charge in [-0.1, -0.05) is 12.1 Å². The van der Waals surface area contributed by atoms with Crippen LogP contribution < -0.4 is 14.8 Å². The molecule has 0 aromatic heterocycles. The average Bonchev–Trinajstić information content (AvgIpc) is 2.64. The SMILES string of the molecule is CCOc1ccc(NC(=O)CSCc2cccc(C#N)c2)cc1OCC. The molecule has 0 aliphatic heterocycles. The van der Waals surface area contributed by atoms with Gasteiger partial charge in [-0.15, -0.1) is 11.8 Å². The third-order valence-corrected chi connectivity index (χ3v) is 4.39. The lowest BCUT2D eigenvalue weighted by atomic mass is 10.2. The van der Waals surface area contributed by atoms with Crippen LogP contribution in [0.25, 0.3) is 0 Å². The van der Waals surface area contributed by atoms with E-state index in [1.165, 1.54) is 11.8 Å². The number of carbonyl (C=O) groups is 1. The lowest BCUT2D eigenvalue weighted by molar-refractivity contribution is -0.113. The molecular formula is C20H22N2O3S. The van der Waals surface area contributed by atoms with E-state index in [2.05, 4.69) is 11.4 Å². The normalized spacial score (nSPS) is 10.0. The summed E-state index contributed by atoms with van der Waals surface area (Å²) in [6.07, 6.45) is 0. The number of amides is 1. The standard InChI is InChI=1S/C20H22N2O3S/c1-3-24-18-9-8-17(11-19(18)25-4-2)22-20(23)14-26-13-16-7-5-6-15(10-16)12-21/h5-11H,3-4,13-14H2,1-2H3,(H,22,23). The molecule has 0 aliphatic rings. The summed E-state index contributed by atoms with van der Waals surface area (Å²) in [5, 5.41) is 11.8. The monoisotopic (exact) mass is 370 g/mol. The first-order valence-corrected chi connectivity index (χ1v) is 9.58. The van der Waals surface area contributed by atoms with E-state index in [-0.39, 0.29) is 5.91 Å². The summed E-state index contributed by atoms with van der Waals surface area (Å²) >= 11 is 1.50. The fourth-order valence-electron chi connectivity index (χ4n) is 2.32. The molecule has 0 saturated heterocycles. The first-order chi connectivity index (χ1) is 12.7. The minimum Gasteiger partial charge on any atom is -0.490 e. The zero-order valence-electron chi connectivity index (χ0n) is 15.0. The number of nitriles is 1. The summed E-state index contributed by atoms with van der Waals surface area (Å²) in [6, 6.07) is 14.9. The second-order valence-electron chi connectivity index (χ2n) is 5.38. The Morgan fingerprint density at radius 1 is 1.12 bits per heavy atom. The van der Waals surface area contributed by atoms with Crippen LogP contribution in [-0.2, 0) is 10.5 Å². The molecule has 26 heavy (non-hydrogen) atoms. The highest BCUT2D eigenvalue weighted by molar-refractivity contribution is 7.99. The predicted octanol–water partition coefficient (Wildman–Crippen LogP) is 4.23. The van der Waals surface area contributed by atoms with Gasteiger partial charge < -0.3 is 14.8 Å². The molecule has 0 aliphatic carbocycles. The third kappa shape index (κ3) is 6.01. The second kappa shape index (κ2) is 10.4. The molecule has 1 amide bonds. The third-order valence-electron chi connectivity index (χ3n) is 3.39. The van der Waals surface area contributed by atoms with Gasteiger partial charge in [-0.25, -0.2) is 0 Å². The molecule has 6 heteroatoms. The second-order valence-corrected chi connectivity index (χ2v) is 6.37. The van der Waals surface area contributed by atoms with Crippen LogP contribution in [0.2, 0.25) is 0 Å². The molecule has 0 fully saturated rings. The fraction of sp³-hybridized carbons (Fsp3) is 0.300. The van der Waals surface area contributed by atoms with Crippen molar-refractivity contribution in [1.82, 2.24) is 0 Å². The summed E-state index contributed by atoms with van der Waals surface area (Å²) in [5.74, 6) is 2.20. The van der Waals surface area contributed by atoms with E-state index in [1.807, 2.05) is 32.0 Å². The molecule has 0 heterocycles. The molecule has 1 N–H and O–H groups in total. The highest BCUT2D eigenvalue weighted by atomic mass is 32.2. The number of nitrogens with zero attached hydrogens (tertiary/aromatic N) is 1. The maximum Gasteiger partial charge on any atom is 0.234 e. The van der Waals surface area contributed by atoms with Gasteiger partial charge in [0.05, 0.1) is 30.6 Å². The van der Waals surface area contributed by atoms with E-state index in [0.717, 1.165) is 5.56 Å². The van der Waals surface area contributed by atoms with Crippen LogP contribution in [0.15, 0.2) is 42.5 Å². The molecule has 2 aromatic rings. The van der Waals surface area contributed by atoms with E-state index in [4.69, 9.17) is 14.7 Å². The van der Waals surface area contributed by atoms with Crippen molar-refractivity contribution in [3.8, 4) is 17.6 Å². The van der Waals surface area contributed by atoms with Crippen molar-refractivity contribution in [3.63, 3.8) is 0 Å². The Morgan fingerprint density at radius 3 is 2.62 bits per heavy atom. The molecule has 0 radical (unpaired) electrons. The van der Waals surface area contributed by atoms with Crippen LogP contribution in [0.4, 0.5) is 5.69 Å². The van der Waals surface area contributed by atoms with Crippen LogP contribution in [0, 0.1) is 11.3 Å². The number of carbonyl (C=O) groups excluding carboxylic acids is 1. The number of ether oxygens (including phenoxy) is 2. The molecule has 2 aromatic carbocycles. The zero-order valence-corrected chi connectivity index (χ0v) is 15.8. The van der Waals surface area contributed by atoms with Crippen molar-refractivity contribution < 1.29 is 14.3 Å². The van der Waals surface area contributed by atoms with Crippen molar-refractivity contribution in [1.29, 1.82) is 5.26 Å². The van der Waals surface area contributed by atoms with Gasteiger partial charge >= 0.3 is 0 Å². The number of nitrogens with one attached hydrogen (secondary N) is 1. The van der Waals surface area contributed by atoms with Crippen LogP contribution in [-0.4, -0.2) is 24.9 Å². The topological polar surface area (TPSA) is 71.3 Å². The minimum absolute atomic E-state index is 0.0851. The Morgan fingerprint density at radius 2 is 1.88 bits per heavy atom. The highest BCUT2D eigenvalue weighted by Gasteiger charge is 2.09. The smallest absolute Gasteiger partial charge is 0.234 e. The Bertz CT molecular complexity index is 787. The Balaban J connectivity index is 1.88. The van der Waals surface area contributed by atoms with Gasteiger partial charge in [0.2, 0.25) is 5.91 Å². The van der Waals surface area contributed by atoms with Crippen molar-refractivity contribution in [2.24, 2.45) is 0 Å². The summed E-state index contributed by atoms with van der Waals surface area (Å²) in [7, 11) is 0. The highest BCUT2D eigenvalue weighted by Crippen LogP contribution is 2.30. The zero-order chi connectivity index (χ0) is 18.8. The van der Waals surface area contributed by atoms with Crippen molar-refractivity contribution in [2.45, 2.75) is 19.6 Å². The molecule has 136 valence electrons. The Hall–Kier alpha value is -2.65. The first-order valence-electron chi connectivity index (χ1n) is 8.42. The van der Waals surface area contributed by atoms with Gasteiger partial charge in [0.15, 0.2) is 11.5 Å². The molecule has 0 spiro atoms. The summed E-state index contributed by atoms with van der Waals surface area (Å²) in [6.45, 7) is 4.89. The maximum absolute atomic E-state index is 12.1. The average molecular weight is 370 g/mol. The van der Waals surface area contributed by atoms with E-state index < -0.39 is 0 Å². The van der Waals surface area contributed by atoms with Crippen LogP contribution in [0.3, 0.4) is 0 Å². The number of anilines is 1. The minimum atomic E-state index is -0.0851. The predicted molar refractivity (Wildman–Crippen MR) is 105 cm³/mol. The van der Waals surface area contributed by atoms with Crippen molar-refractivity contribution in [3.05, 3.63) is 53.6 Å². The van der Waals surface area contributed by atoms with Crippen molar-refractivity contribution >= 4 is 23.4 Å². The molecule has 5 nitrogen and oxygen atoms in total. The van der Waals surface area contributed by atoms with Gasteiger partial charge in [-0.05, 0) is 43.7 Å². The quantitative estimate of drug-likeness (QED) is 0.715. The summed E-state index contributed by atoms with van der Waals surface area (Å²) in [5.41, 5.74) is 2.33. The van der Waals surface area contributed by atoms with Gasteiger partial charge in [-0.2, -0.15) is 5.26 Å². The molecule has 0 bridgehead atoms. The first kappa shape index (κ1) is 19.7. The maximum atomic E-state index is 12.1. The lowest BCUT2D eigenvalue weighted by Crippen LogP contribution is -2.14. The van der Waals surface area contributed by atoms with E-state index in [0.29, 0.717) is 47.5 Å². The van der Waals surface area contributed by atoms with E-state index in [1.54, 1.807) is 24.3 Å². The molecule has 2 rings (SSSR count). The number of benzene rings is 2. The Labute approximate surface area is 158 Å². The summed E-state index contributed by atoms with van der Waals surface area (Å²) < 4.78 is 11.1. The molecule has 0 atom stereocenters. The van der Waals surface area contributed by atoms with Crippen LogP contribution in [0.1, 0.15) is 25.0 Å². The van der Waals surface area contributed by atoms with Crippen LogP contribution in [0.5, 0.6) is 11.5 Å². The number of thioether (sulfide) groups is 1. The van der Waals surface area contributed by atoms with E-state index in [9.17, 15) is 4.79 Å². The van der Waals surface area contributed by atoms with Gasteiger partial charge in [-0.3, -0.25) is 4.79 Å². The summed E-state index contributed by atoms with van der Waals surface area (Å²) in [4.78, 5) is 12.1. The fourth-order valence-corrected chi connectivity index (χ4v) is 3.09. The number of hydrogen-bond acceptors (Lipinski definition) is 5. The number of rotatable bonds is 9. The van der Waals surface area contributed by atoms with Gasteiger partial charge in [0.25, 0.3) is 0 Å². The lowest BCUT2D eigenvalue weighted by Gasteiger charge is -2.13. The molecule has 0 saturated carbocycles. The Kier molecular flexibility index (Phi) is 7.84. The van der Waals surface area contributed by atoms with E-state index >= 15 is 0 Å². The van der Waals surface area contributed by atoms with Gasteiger partial charge in [0.1, 0.15) is 0 Å². The largest absolute Gasteiger partial charge is 0.490 e. The number of hydrogen-bond donors (Lipinski definition) is 1. The van der Waals surface area contributed by atoms with Crippen molar-refractivity contribution in [2.75, 3.05) is 24.3 Å².